The van der Waals surface area contributed by atoms with E-state index in [1.807, 2.05) is 0 Å². The number of hydrogen-bond acceptors (Lipinski definition) is 2. The number of halogens is 7. The van der Waals surface area contributed by atoms with Crippen molar-refractivity contribution >= 4 is 5.97 Å². The highest BCUT2D eigenvalue weighted by molar-refractivity contribution is 5.91. The van der Waals surface area contributed by atoms with E-state index in [-0.39, 0.29) is 0 Å². The summed E-state index contributed by atoms with van der Waals surface area (Å²) < 4.78 is 95.3. The number of hydrogen-bond donors (Lipinski definition) is 0. The Balaban J connectivity index is 2.46. The minimum atomic E-state index is -2.46. The number of ether oxygens (including phenoxy) is 1. The first-order valence-corrected chi connectivity index (χ1v) is 5.42. The van der Waals surface area contributed by atoms with E-state index in [2.05, 4.69) is 4.74 Å². The van der Waals surface area contributed by atoms with Gasteiger partial charge in [-0.25, -0.2) is 35.5 Å². The topological polar surface area (TPSA) is 26.3 Å². The van der Waals surface area contributed by atoms with Gasteiger partial charge in [-0.15, -0.1) is 0 Å². The Morgan fingerprint density at radius 1 is 0.682 bits per heavy atom. The summed E-state index contributed by atoms with van der Waals surface area (Å²) >= 11 is 0. The van der Waals surface area contributed by atoms with E-state index in [0.717, 1.165) is 0 Å². The van der Waals surface area contributed by atoms with Gasteiger partial charge in [-0.1, -0.05) is 0 Å². The zero-order chi connectivity index (χ0) is 16.6. The smallest absolute Gasteiger partial charge is 0.349 e. The lowest BCUT2D eigenvalue weighted by atomic mass is 10.1. The van der Waals surface area contributed by atoms with Crippen molar-refractivity contribution < 1.29 is 40.3 Å². The highest BCUT2D eigenvalue weighted by atomic mass is 19.2. The number of carbonyl (C=O) groups is 1. The molecule has 0 amide bonds. The molecule has 0 atom stereocenters. The Bertz CT molecular complexity index is 724. The highest BCUT2D eigenvalue weighted by Crippen LogP contribution is 2.25. The van der Waals surface area contributed by atoms with Gasteiger partial charge in [0.25, 0.3) is 0 Å². The Morgan fingerprint density at radius 3 is 1.55 bits per heavy atom. The molecule has 0 fully saturated rings. The fourth-order valence-electron chi connectivity index (χ4n) is 1.53. The molecule has 0 aliphatic rings. The molecule has 2 nitrogen and oxygen atoms in total. The van der Waals surface area contributed by atoms with E-state index in [1.54, 1.807) is 0 Å². The summed E-state index contributed by atoms with van der Waals surface area (Å²) in [6.45, 7) is 0. The van der Waals surface area contributed by atoms with Gasteiger partial charge in [-0.3, -0.25) is 0 Å². The molecule has 0 bridgehead atoms. The fourth-order valence-corrected chi connectivity index (χ4v) is 1.53. The molecule has 2 aromatic carbocycles. The lowest BCUT2D eigenvalue weighted by Gasteiger charge is -2.08. The van der Waals surface area contributed by atoms with Crippen LogP contribution in [0.5, 0.6) is 5.75 Å². The van der Waals surface area contributed by atoms with Crippen molar-refractivity contribution in [1.82, 2.24) is 0 Å². The fraction of sp³-hybridized carbons (Fsp3) is 0. The lowest BCUT2D eigenvalue weighted by Crippen LogP contribution is -2.17. The van der Waals surface area contributed by atoms with Gasteiger partial charge in [-0.2, -0.15) is 0 Å². The van der Waals surface area contributed by atoms with Crippen molar-refractivity contribution in [2.75, 3.05) is 0 Å². The van der Waals surface area contributed by atoms with Gasteiger partial charge < -0.3 is 4.74 Å². The standard InChI is InChI=1S/C13H3F7O2/c14-4-1-5(15)3-6(2-4)22-13(21)7-8(16)10(18)12(20)11(19)9(7)17/h1-3H. The zero-order valence-corrected chi connectivity index (χ0v) is 10.2. The first-order chi connectivity index (χ1) is 10.2. The summed E-state index contributed by atoms with van der Waals surface area (Å²) in [7, 11) is 0. The number of carbonyl (C=O) groups excluding carboxylic acids is 1. The third kappa shape index (κ3) is 2.74. The Hall–Kier alpha value is -2.58. The Morgan fingerprint density at radius 2 is 1.09 bits per heavy atom. The molecule has 0 spiro atoms. The van der Waals surface area contributed by atoms with E-state index in [4.69, 9.17) is 0 Å². The first-order valence-electron chi connectivity index (χ1n) is 5.42. The molecule has 0 unspecified atom stereocenters. The second-order valence-electron chi connectivity index (χ2n) is 3.94. The normalized spacial score (nSPS) is 10.7. The minimum absolute atomic E-state index is 0.412. The molecular weight excluding hydrogens is 321 g/mol. The van der Waals surface area contributed by atoms with Crippen molar-refractivity contribution in [3.05, 3.63) is 64.5 Å². The number of rotatable bonds is 2. The summed E-state index contributed by atoms with van der Waals surface area (Å²) in [6, 6.07) is 1.37. The van der Waals surface area contributed by atoms with Gasteiger partial charge in [0.05, 0.1) is 0 Å². The van der Waals surface area contributed by atoms with E-state index in [1.165, 1.54) is 0 Å². The van der Waals surface area contributed by atoms with Crippen molar-refractivity contribution in [2.45, 2.75) is 0 Å². The molecule has 9 heteroatoms. The van der Waals surface area contributed by atoms with E-state index in [0.29, 0.717) is 18.2 Å². The highest BCUT2D eigenvalue weighted by Gasteiger charge is 2.31. The van der Waals surface area contributed by atoms with Crippen molar-refractivity contribution in [3.63, 3.8) is 0 Å². The largest absolute Gasteiger partial charge is 0.423 e. The number of benzene rings is 2. The van der Waals surface area contributed by atoms with Gasteiger partial charge >= 0.3 is 5.97 Å². The average molecular weight is 324 g/mol. The van der Waals surface area contributed by atoms with Crippen molar-refractivity contribution in [1.29, 1.82) is 0 Å². The molecule has 2 aromatic rings. The summed E-state index contributed by atoms with van der Waals surface area (Å²) in [5, 5.41) is 0. The van der Waals surface area contributed by atoms with Gasteiger partial charge in [0, 0.05) is 18.2 Å². The van der Waals surface area contributed by atoms with Crippen molar-refractivity contribution in [2.24, 2.45) is 0 Å². The summed E-state index contributed by atoms with van der Waals surface area (Å²) in [6.07, 6.45) is 0. The SMILES string of the molecule is O=C(Oc1cc(F)cc(F)c1)c1c(F)c(F)c(F)c(F)c1F. The average Bonchev–Trinajstić information content (AvgIpc) is 2.42. The second-order valence-corrected chi connectivity index (χ2v) is 3.94. The van der Waals surface area contributed by atoms with Crippen LogP contribution in [0.1, 0.15) is 10.4 Å². The van der Waals surface area contributed by atoms with Crippen LogP contribution in [0, 0.1) is 40.7 Å². The van der Waals surface area contributed by atoms with Crippen LogP contribution in [0.4, 0.5) is 30.7 Å². The van der Waals surface area contributed by atoms with Crippen LogP contribution in [0.3, 0.4) is 0 Å². The van der Waals surface area contributed by atoms with E-state index < -0.39 is 58.0 Å². The Kier molecular flexibility index (Phi) is 4.07. The number of esters is 1. The van der Waals surface area contributed by atoms with Crippen LogP contribution >= 0.6 is 0 Å². The zero-order valence-electron chi connectivity index (χ0n) is 10.2. The van der Waals surface area contributed by atoms with Gasteiger partial charge in [0.15, 0.2) is 23.3 Å². The molecule has 0 radical (unpaired) electrons. The Labute approximate surface area is 117 Å². The second kappa shape index (κ2) is 5.66. The van der Waals surface area contributed by atoms with Crippen LogP contribution in [-0.2, 0) is 0 Å². The lowest BCUT2D eigenvalue weighted by molar-refractivity contribution is 0.0720. The summed E-state index contributed by atoms with van der Waals surface area (Å²) in [5.74, 6) is -17.2. The molecule has 0 heterocycles. The maximum absolute atomic E-state index is 13.3. The predicted octanol–water partition coefficient (Wildman–Crippen LogP) is 3.88. The predicted molar refractivity (Wildman–Crippen MR) is 57.5 cm³/mol. The van der Waals surface area contributed by atoms with Crippen LogP contribution in [0.15, 0.2) is 18.2 Å². The third-order valence-electron chi connectivity index (χ3n) is 2.46. The molecule has 0 N–H and O–H groups in total. The molecule has 0 saturated heterocycles. The monoisotopic (exact) mass is 324 g/mol. The van der Waals surface area contributed by atoms with Gasteiger partial charge in [0.2, 0.25) is 5.82 Å². The molecule has 0 aromatic heterocycles. The van der Waals surface area contributed by atoms with Gasteiger partial charge in [0.1, 0.15) is 22.9 Å². The quantitative estimate of drug-likeness (QED) is 0.275. The third-order valence-corrected chi connectivity index (χ3v) is 2.46. The van der Waals surface area contributed by atoms with Crippen molar-refractivity contribution in [3.8, 4) is 5.75 Å². The molecule has 2 rings (SSSR count). The molecule has 0 aliphatic carbocycles. The van der Waals surface area contributed by atoms with E-state index in [9.17, 15) is 35.5 Å². The molecule has 0 saturated carbocycles. The van der Waals surface area contributed by atoms with Crippen LogP contribution in [0.25, 0.3) is 0 Å². The van der Waals surface area contributed by atoms with Crippen LogP contribution in [0.2, 0.25) is 0 Å². The summed E-state index contributed by atoms with van der Waals surface area (Å²) in [4.78, 5) is 11.5. The van der Waals surface area contributed by atoms with Crippen LogP contribution < -0.4 is 4.74 Å². The molecule has 116 valence electrons. The molecule has 0 aliphatic heterocycles. The van der Waals surface area contributed by atoms with Gasteiger partial charge in [-0.05, 0) is 0 Å². The first kappa shape index (κ1) is 15.8. The molecular formula is C13H3F7O2. The summed E-state index contributed by atoms with van der Waals surface area (Å²) in [5.41, 5.74) is -1.87. The maximum atomic E-state index is 13.3. The van der Waals surface area contributed by atoms with Crippen LogP contribution in [-0.4, -0.2) is 5.97 Å². The van der Waals surface area contributed by atoms with E-state index >= 15 is 0 Å². The minimum Gasteiger partial charge on any atom is -0.423 e. The maximum Gasteiger partial charge on any atom is 0.349 e. The molecule has 22 heavy (non-hydrogen) atoms.